The summed E-state index contributed by atoms with van der Waals surface area (Å²) in [5.41, 5.74) is 5.15. The summed E-state index contributed by atoms with van der Waals surface area (Å²) in [7, 11) is 0. The first kappa shape index (κ1) is 21.3. The summed E-state index contributed by atoms with van der Waals surface area (Å²) in [6.07, 6.45) is 6.49. The van der Waals surface area contributed by atoms with Crippen LogP contribution < -0.4 is 15.4 Å². The van der Waals surface area contributed by atoms with E-state index in [9.17, 15) is 4.79 Å². The summed E-state index contributed by atoms with van der Waals surface area (Å²) in [4.78, 5) is 12.9. The van der Waals surface area contributed by atoms with Gasteiger partial charge in [0.05, 0.1) is 17.3 Å². The van der Waals surface area contributed by atoms with Gasteiger partial charge in [-0.05, 0) is 42.0 Å². The van der Waals surface area contributed by atoms with Gasteiger partial charge in [0.1, 0.15) is 12.4 Å². The normalized spacial score (nSPS) is 20.5. The molecule has 2 aliphatic rings. The third-order valence-electron chi connectivity index (χ3n) is 6.67. The molecule has 0 spiro atoms. The Bertz CT molecular complexity index is 1160. The molecule has 0 radical (unpaired) electrons. The van der Waals surface area contributed by atoms with Crippen LogP contribution in [0.25, 0.3) is 0 Å². The van der Waals surface area contributed by atoms with Gasteiger partial charge in [0.2, 0.25) is 0 Å². The Morgan fingerprint density at radius 3 is 2.64 bits per heavy atom. The van der Waals surface area contributed by atoms with E-state index in [0.717, 1.165) is 35.4 Å². The predicted molar refractivity (Wildman–Crippen MR) is 133 cm³/mol. The molecule has 1 aliphatic heterocycles. The van der Waals surface area contributed by atoms with Crippen LogP contribution >= 0.6 is 0 Å². The van der Waals surface area contributed by atoms with E-state index < -0.39 is 0 Å². The highest BCUT2D eigenvalue weighted by Crippen LogP contribution is 2.51. The van der Waals surface area contributed by atoms with E-state index in [1.165, 1.54) is 5.56 Å². The molecule has 0 saturated heterocycles. The second kappa shape index (κ2) is 9.53. The maximum absolute atomic E-state index is 12.9. The second-order valence-corrected chi connectivity index (χ2v) is 8.81. The average Bonchev–Trinajstić information content (AvgIpc) is 3.36. The van der Waals surface area contributed by atoms with Crippen LogP contribution in [-0.4, -0.2) is 12.5 Å². The SMILES string of the molecule is CCCNC(=O)c1cccc2c1NC(c1ccccc1OCc1ccccc1)C1CC=CC21. The first-order chi connectivity index (χ1) is 16.3. The van der Waals surface area contributed by atoms with E-state index in [4.69, 9.17) is 4.74 Å². The van der Waals surface area contributed by atoms with Crippen molar-refractivity contribution >= 4 is 11.6 Å². The highest BCUT2D eigenvalue weighted by molar-refractivity contribution is 6.00. The van der Waals surface area contributed by atoms with Gasteiger partial charge in [0.25, 0.3) is 5.91 Å². The number of hydrogen-bond donors (Lipinski definition) is 2. The van der Waals surface area contributed by atoms with E-state index in [-0.39, 0.29) is 17.9 Å². The fourth-order valence-corrected chi connectivity index (χ4v) is 5.06. The van der Waals surface area contributed by atoms with Crippen molar-refractivity contribution in [1.29, 1.82) is 0 Å². The molecular formula is C29H30N2O2. The number of anilines is 1. The van der Waals surface area contributed by atoms with Crippen LogP contribution in [0.3, 0.4) is 0 Å². The monoisotopic (exact) mass is 438 g/mol. The van der Waals surface area contributed by atoms with E-state index in [0.29, 0.717) is 24.6 Å². The van der Waals surface area contributed by atoms with E-state index in [2.05, 4.69) is 60.0 Å². The number of fused-ring (bicyclic) bond motifs is 3. The lowest BCUT2D eigenvalue weighted by Gasteiger charge is -2.38. The number of amides is 1. The Balaban J connectivity index is 1.48. The summed E-state index contributed by atoms with van der Waals surface area (Å²) in [5, 5.41) is 6.81. The lowest BCUT2D eigenvalue weighted by Crippen LogP contribution is -2.32. The molecule has 4 heteroatoms. The topological polar surface area (TPSA) is 50.4 Å². The van der Waals surface area contributed by atoms with Gasteiger partial charge in [0.15, 0.2) is 0 Å². The van der Waals surface area contributed by atoms with Gasteiger partial charge in [-0.25, -0.2) is 0 Å². The zero-order chi connectivity index (χ0) is 22.6. The van der Waals surface area contributed by atoms with Crippen molar-refractivity contribution in [2.75, 3.05) is 11.9 Å². The standard InChI is InChI=1S/C29H30N2O2/c1-2-18-30-29(32)25-16-9-15-23-21-13-8-14-22(21)27(31-28(23)25)24-12-6-7-17-26(24)33-19-20-10-4-3-5-11-20/h3-13,15-17,21-22,27,31H,2,14,18-19H2,1H3,(H,30,32). The van der Waals surface area contributed by atoms with Crippen molar-refractivity contribution in [3.8, 4) is 5.75 Å². The number of nitrogens with one attached hydrogen (secondary N) is 2. The van der Waals surface area contributed by atoms with Gasteiger partial charge in [-0.15, -0.1) is 0 Å². The fraction of sp³-hybridized carbons (Fsp3) is 0.276. The van der Waals surface area contributed by atoms with E-state index >= 15 is 0 Å². The molecule has 5 rings (SSSR count). The summed E-state index contributed by atoms with van der Waals surface area (Å²) in [5.74, 6) is 1.54. The Hall–Kier alpha value is -3.53. The molecule has 33 heavy (non-hydrogen) atoms. The van der Waals surface area contributed by atoms with Gasteiger partial charge >= 0.3 is 0 Å². The van der Waals surface area contributed by atoms with Crippen LogP contribution in [0.4, 0.5) is 5.69 Å². The van der Waals surface area contributed by atoms with Crippen LogP contribution in [0.1, 0.15) is 58.8 Å². The summed E-state index contributed by atoms with van der Waals surface area (Å²) < 4.78 is 6.30. The van der Waals surface area contributed by atoms with Crippen molar-refractivity contribution in [3.05, 3.63) is 107 Å². The van der Waals surface area contributed by atoms with Crippen molar-refractivity contribution in [2.24, 2.45) is 5.92 Å². The molecule has 3 aromatic carbocycles. The maximum atomic E-state index is 12.9. The highest BCUT2D eigenvalue weighted by atomic mass is 16.5. The van der Waals surface area contributed by atoms with Gasteiger partial charge in [-0.3, -0.25) is 4.79 Å². The van der Waals surface area contributed by atoms with Crippen LogP contribution in [0.15, 0.2) is 84.9 Å². The summed E-state index contributed by atoms with van der Waals surface area (Å²) >= 11 is 0. The lowest BCUT2D eigenvalue weighted by atomic mass is 9.76. The van der Waals surface area contributed by atoms with Gasteiger partial charge in [-0.2, -0.15) is 0 Å². The van der Waals surface area contributed by atoms with Gasteiger partial charge in [0, 0.05) is 18.0 Å². The number of ether oxygens (including phenoxy) is 1. The molecule has 0 fully saturated rings. The van der Waals surface area contributed by atoms with Crippen molar-refractivity contribution in [3.63, 3.8) is 0 Å². The molecule has 0 aromatic heterocycles. The smallest absolute Gasteiger partial charge is 0.253 e. The largest absolute Gasteiger partial charge is 0.489 e. The zero-order valence-electron chi connectivity index (χ0n) is 19.0. The number of hydrogen-bond acceptors (Lipinski definition) is 3. The third kappa shape index (κ3) is 4.25. The predicted octanol–water partition coefficient (Wildman–Crippen LogP) is 6.23. The van der Waals surface area contributed by atoms with Crippen molar-refractivity contribution in [2.45, 2.75) is 38.3 Å². The molecule has 168 valence electrons. The number of rotatable bonds is 7. The first-order valence-corrected chi connectivity index (χ1v) is 11.9. The average molecular weight is 439 g/mol. The van der Waals surface area contributed by atoms with E-state index in [1.807, 2.05) is 42.5 Å². The molecular weight excluding hydrogens is 408 g/mol. The number of carbonyl (C=O) groups excluding carboxylic acids is 1. The molecule has 2 N–H and O–H groups in total. The molecule has 0 bridgehead atoms. The lowest BCUT2D eigenvalue weighted by molar-refractivity contribution is 0.0954. The second-order valence-electron chi connectivity index (χ2n) is 8.81. The maximum Gasteiger partial charge on any atom is 0.253 e. The molecule has 1 amide bonds. The Morgan fingerprint density at radius 2 is 1.79 bits per heavy atom. The number of carbonyl (C=O) groups is 1. The molecule has 4 nitrogen and oxygen atoms in total. The molecule has 1 aliphatic carbocycles. The third-order valence-corrected chi connectivity index (χ3v) is 6.67. The quantitative estimate of drug-likeness (QED) is 0.430. The Morgan fingerprint density at radius 1 is 1.00 bits per heavy atom. The molecule has 3 unspecified atom stereocenters. The molecule has 3 aromatic rings. The first-order valence-electron chi connectivity index (χ1n) is 11.9. The minimum absolute atomic E-state index is 0.0195. The summed E-state index contributed by atoms with van der Waals surface area (Å²) in [6, 6.07) is 24.7. The summed E-state index contributed by atoms with van der Waals surface area (Å²) in [6.45, 7) is 3.27. The van der Waals surface area contributed by atoms with Gasteiger partial charge < -0.3 is 15.4 Å². The minimum atomic E-state index is -0.0195. The number of para-hydroxylation sites is 2. The molecule has 0 saturated carbocycles. The highest BCUT2D eigenvalue weighted by Gasteiger charge is 2.40. The van der Waals surface area contributed by atoms with Crippen LogP contribution in [0.2, 0.25) is 0 Å². The number of allylic oxidation sites excluding steroid dienone is 2. The van der Waals surface area contributed by atoms with Crippen LogP contribution in [0.5, 0.6) is 5.75 Å². The van der Waals surface area contributed by atoms with Crippen molar-refractivity contribution < 1.29 is 9.53 Å². The van der Waals surface area contributed by atoms with Crippen LogP contribution in [0, 0.1) is 5.92 Å². The van der Waals surface area contributed by atoms with Crippen LogP contribution in [-0.2, 0) is 6.61 Å². The van der Waals surface area contributed by atoms with Gasteiger partial charge in [-0.1, -0.05) is 79.7 Å². The number of benzene rings is 3. The van der Waals surface area contributed by atoms with Crippen molar-refractivity contribution in [1.82, 2.24) is 5.32 Å². The fourth-order valence-electron chi connectivity index (χ4n) is 5.06. The Kier molecular flexibility index (Phi) is 6.16. The molecule has 1 heterocycles. The zero-order valence-corrected chi connectivity index (χ0v) is 19.0. The van der Waals surface area contributed by atoms with E-state index in [1.54, 1.807) is 0 Å². The minimum Gasteiger partial charge on any atom is -0.489 e. The Labute approximate surface area is 195 Å². The molecule has 3 atom stereocenters.